The van der Waals surface area contributed by atoms with E-state index in [-0.39, 0.29) is 23.6 Å². The number of carbonyl (C=O) groups is 2. The molecule has 4 bridgehead atoms. The molecule has 6 aliphatic carbocycles. The first-order chi connectivity index (χ1) is 13.6. The zero-order chi connectivity index (χ0) is 19.3. The van der Waals surface area contributed by atoms with Crippen molar-refractivity contribution in [1.82, 2.24) is 0 Å². The Bertz CT molecular complexity index is 607. The fraction of sp³-hybridized carbons (Fsp3) is 0.833. The Morgan fingerprint density at radius 2 is 1.43 bits per heavy atom. The van der Waals surface area contributed by atoms with Crippen molar-refractivity contribution in [2.75, 3.05) is 0 Å². The van der Waals surface area contributed by atoms with Gasteiger partial charge in [-0.05, 0) is 87.4 Å². The van der Waals surface area contributed by atoms with Gasteiger partial charge in [-0.1, -0.05) is 25.8 Å². The average Bonchev–Trinajstić information content (AvgIpc) is 2.67. The van der Waals surface area contributed by atoms with Gasteiger partial charge in [-0.3, -0.25) is 4.79 Å². The largest absolute Gasteiger partial charge is 0.459 e. The summed E-state index contributed by atoms with van der Waals surface area (Å²) >= 11 is 0. The third kappa shape index (κ3) is 3.02. The Morgan fingerprint density at radius 3 is 2.00 bits per heavy atom. The van der Waals surface area contributed by atoms with Crippen LogP contribution in [0.3, 0.4) is 0 Å². The molecular formula is C24H34O4. The molecule has 6 rings (SSSR count). The Balaban J connectivity index is 1.31. The molecular weight excluding hydrogens is 352 g/mol. The fourth-order valence-electron chi connectivity index (χ4n) is 7.72. The third-order valence-electron chi connectivity index (χ3n) is 8.81. The van der Waals surface area contributed by atoms with E-state index < -0.39 is 5.97 Å². The highest BCUT2D eigenvalue weighted by Crippen LogP contribution is 2.63. The zero-order valence-corrected chi connectivity index (χ0v) is 16.9. The van der Waals surface area contributed by atoms with Crippen molar-refractivity contribution in [3.8, 4) is 0 Å². The van der Waals surface area contributed by atoms with Gasteiger partial charge in [0.15, 0.2) is 0 Å². The van der Waals surface area contributed by atoms with Gasteiger partial charge in [-0.15, -0.1) is 0 Å². The maximum absolute atomic E-state index is 13.2. The Labute approximate surface area is 168 Å². The van der Waals surface area contributed by atoms with Crippen molar-refractivity contribution in [2.24, 2.45) is 35.5 Å². The van der Waals surface area contributed by atoms with Crippen LogP contribution in [0.15, 0.2) is 12.7 Å². The topological polar surface area (TPSA) is 52.6 Å². The third-order valence-corrected chi connectivity index (χ3v) is 8.81. The van der Waals surface area contributed by atoms with Gasteiger partial charge in [-0.25, -0.2) is 4.79 Å². The van der Waals surface area contributed by atoms with Crippen molar-refractivity contribution >= 4 is 11.9 Å². The van der Waals surface area contributed by atoms with E-state index in [0.717, 1.165) is 11.8 Å². The summed E-state index contributed by atoms with van der Waals surface area (Å²) in [7, 11) is 0. The standard InChI is InChI=1S/C24H34O4/c1-2-22(25)27-21-13-17(14-21)23(26)28-24(18-6-4-3-5-7-18)19-9-15-8-16(11-19)12-20(24)10-15/h2,15-21H,1,3-14H2. The molecule has 0 aromatic heterocycles. The summed E-state index contributed by atoms with van der Waals surface area (Å²) in [6.07, 6.45) is 15.2. The molecule has 6 aliphatic rings. The Kier molecular flexibility index (Phi) is 4.79. The van der Waals surface area contributed by atoms with E-state index in [1.54, 1.807) is 0 Å². The van der Waals surface area contributed by atoms with Crippen LogP contribution in [0.2, 0.25) is 0 Å². The van der Waals surface area contributed by atoms with Gasteiger partial charge < -0.3 is 9.47 Å². The minimum Gasteiger partial charge on any atom is -0.459 e. The van der Waals surface area contributed by atoms with Crippen LogP contribution in [0.1, 0.15) is 77.0 Å². The highest BCUT2D eigenvalue weighted by atomic mass is 16.6. The number of hydrogen-bond donors (Lipinski definition) is 0. The quantitative estimate of drug-likeness (QED) is 0.502. The monoisotopic (exact) mass is 386 g/mol. The van der Waals surface area contributed by atoms with Crippen molar-refractivity contribution in [2.45, 2.75) is 88.8 Å². The van der Waals surface area contributed by atoms with Crippen LogP contribution >= 0.6 is 0 Å². The van der Waals surface area contributed by atoms with Gasteiger partial charge in [0.05, 0.1) is 5.92 Å². The maximum atomic E-state index is 13.2. The maximum Gasteiger partial charge on any atom is 0.330 e. The first-order valence-electron chi connectivity index (χ1n) is 11.6. The molecule has 0 spiro atoms. The molecule has 0 aromatic carbocycles. The van der Waals surface area contributed by atoms with Crippen LogP contribution in [0, 0.1) is 35.5 Å². The van der Waals surface area contributed by atoms with Gasteiger partial charge in [0.25, 0.3) is 0 Å². The molecule has 4 heteroatoms. The summed E-state index contributed by atoms with van der Waals surface area (Å²) in [5.74, 6) is 3.00. The van der Waals surface area contributed by atoms with Crippen LogP contribution in [0.5, 0.6) is 0 Å². The summed E-state index contributed by atoms with van der Waals surface area (Å²) in [6.45, 7) is 3.44. The lowest BCUT2D eigenvalue weighted by Crippen LogP contribution is -2.64. The van der Waals surface area contributed by atoms with Crippen molar-refractivity contribution in [3.05, 3.63) is 12.7 Å². The van der Waals surface area contributed by atoms with Crippen LogP contribution in [-0.4, -0.2) is 23.6 Å². The Hall–Kier alpha value is -1.32. The minimum atomic E-state index is -0.392. The second-order valence-corrected chi connectivity index (χ2v) is 10.3. The average molecular weight is 387 g/mol. The molecule has 154 valence electrons. The number of esters is 2. The SMILES string of the molecule is C=CC(=O)OC1CC(C(=O)OC2(C3CCCCC3)C3CC4CC(C3)CC2C4)C1. The second kappa shape index (κ2) is 7.18. The van der Waals surface area contributed by atoms with Gasteiger partial charge in [0.2, 0.25) is 0 Å². The number of carbonyl (C=O) groups excluding carboxylic acids is 2. The molecule has 6 saturated carbocycles. The van der Waals surface area contributed by atoms with E-state index in [2.05, 4.69) is 6.58 Å². The van der Waals surface area contributed by atoms with E-state index in [1.165, 1.54) is 70.3 Å². The number of ether oxygens (including phenoxy) is 2. The van der Waals surface area contributed by atoms with E-state index in [0.29, 0.717) is 30.6 Å². The molecule has 0 N–H and O–H groups in total. The van der Waals surface area contributed by atoms with E-state index in [9.17, 15) is 9.59 Å². The fourth-order valence-corrected chi connectivity index (χ4v) is 7.72. The number of rotatable bonds is 5. The van der Waals surface area contributed by atoms with E-state index >= 15 is 0 Å². The second-order valence-electron chi connectivity index (χ2n) is 10.3. The molecule has 0 radical (unpaired) electrons. The lowest BCUT2D eigenvalue weighted by Gasteiger charge is -2.63. The van der Waals surface area contributed by atoms with Crippen molar-refractivity contribution in [3.63, 3.8) is 0 Å². The number of hydrogen-bond acceptors (Lipinski definition) is 4. The van der Waals surface area contributed by atoms with Crippen LogP contribution in [0.4, 0.5) is 0 Å². The van der Waals surface area contributed by atoms with Gasteiger partial charge in [0.1, 0.15) is 11.7 Å². The van der Waals surface area contributed by atoms with Gasteiger partial charge in [-0.2, -0.15) is 0 Å². The summed E-state index contributed by atoms with van der Waals surface area (Å²) in [5, 5.41) is 0. The molecule has 0 aliphatic heterocycles. The minimum absolute atomic E-state index is 0.0102. The van der Waals surface area contributed by atoms with Crippen molar-refractivity contribution in [1.29, 1.82) is 0 Å². The normalized spacial score (nSPS) is 44.6. The molecule has 0 atom stereocenters. The molecule has 28 heavy (non-hydrogen) atoms. The van der Waals surface area contributed by atoms with E-state index in [4.69, 9.17) is 9.47 Å². The Morgan fingerprint density at radius 1 is 0.821 bits per heavy atom. The molecule has 4 nitrogen and oxygen atoms in total. The van der Waals surface area contributed by atoms with Crippen LogP contribution in [0.25, 0.3) is 0 Å². The molecule has 6 fully saturated rings. The predicted molar refractivity (Wildman–Crippen MR) is 105 cm³/mol. The highest BCUT2D eigenvalue weighted by molar-refractivity contribution is 5.81. The first-order valence-corrected chi connectivity index (χ1v) is 11.6. The van der Waals surface area contributed by atoms with Crippen LogP contribution in [-0.2, 0) is 19.1 Å². The highest BCUT2D eigenvalue weighted by Gasteiger charge is 2.62. The van der Waals surface area contributed by atoms with Gasteiger partial charge >= 0.3 is 11.9 Å². The summed E-state index contributed by atoms with van der Waals surface area (Å²) < 4.78 is 11.9. The predicted octanol–water partition coefficient (Wildman–Crippen LogP) is 4.81. The molecule has 0 unspecified atom stereocenters. The summed E-state index contributed by atoms with van der Waals surface area (Å²) in [6, 6.07) is 0. The zero-order valence-electron chi connectivity index (χ0n) is 16.9. The molecule has 0 saturated heterocycles. The van der Waals surface area contributed by atoms with Crippen molar-refractivity contribution < 1.29 is 19.1 Å². The first kappa shape index (κ1) is 18.7. The van der Waals surface area contributed by atoms with Crippen LogP contribution < -0.4 is 0 Å². The lowest BCUT2D eigenvalue weighted by atomic mass is 9.46. The summed E-state index contributed by atoms with van der Waals surface area (Å²) in [4.78, 5) is 24.6. The molecule has 0 heterocycles. The van der Waals surface area contributed by atoms with Gasteiger partial charge in [0, 0.05) is 6.08 Å². The molecule has 0 aromatic rings. The lowest BCUT2D eigenvalue weighted by molar-refractivity contribution is -0.239. The van der Waals surface area contributed by atoms with E-state index in [1.807, 2.05) is 0 Å². The molecule has 0 amide bonds. The summed E-state index contributed by atoms with van der Waals surface area (Å²) in [5.41, 5.74) is -0.187. The smallest absolute Gasteiger partial charge is 0.330 e.